The number of hydrogen-bond donors (Lipinski definition) is 0. The van der Waals surface area contributed by atoms with Crippen molar-refractivity contribution in [1.29, 1.82) is 0 Å². The van der Waals surface area contributed by atoms with Crippen LogP contribution in [0.1, 0.15) is 25.8 Å². The van der Waals surface area contributed by atoms with E-state index < -0.39 is 0 Å². The second kappa shape index (κ2) is 6.09. The molecule has 0 saturated heterocycles. The Hall–Kier alpha value is -2.08. The van der Waals surface area contributed by atoms with Crippen molar-refractivity contribution in [2.24, 2.45) is 5.92 Å². The van der Waals surface area contributed by atoms with Crippen LogP contribution in [0.2, 0.25) is 0 Å². The van der Waals surface area contributed by atoms with Gasteiger partial charge in [0.1, 0.15) is 6.61 Å². The number of rotatable bonds is 3. The molecule has 1 aliphatic rings. The highest BCUT2D eigenvalue weighted by Crippen LogP contribution is 2.36. The Bertz CT molecular complexity index is 891. The van der Waals surface area contributed by atoms with E-state index in [1.807, 2.05) is 24.3 Å². The number of para-hydroxylation sites is 2. The van der Waals surface area contributed by atoms with Gasteiger partial charge in [0, 0.05) is 17.2 Å². The minimum atomic E-state index is -0.244. The fourth-order valence-electron chi connectivity index (χ4n) is 2.95. The zero-order chi connectivity index (χ0) is 16.7. The summed E-state index contributed by atoms with van der Waals surface area (Å²) in [5.74, 6) is 2.88. The van der Waals surface area contributed by atoms with E-state index in [9.17, 15) is 0 Å². The van der Waals surface area contributed by atoms with Gasteiger partial charge in [0.25, 0.3) is 0 Å². The van der Waals surface area contributed by atoms with E-state index in [4.69, 9.17) is 14.5 Å². The maximum absolute atomic E-state index is 6.15. The summed E-state index contributed by atoms with van der Waals surface area (Å²) in [6, 6.07) is 9.78. The van der Waals surface area contributed by atoms with E-state index >= 15 is 0 Å². The molecule has 4 rings (SSSR count). The van der Waals surface area contributed by atoms with Gasteiger partial charge < -0.3 is 14.0 Å². The zero-order valence-electron chi connectivity index (χ0n) is 13.6. The van der Waals surface area contributed by atoms with Crippen molar-refractivity contribution >= 4 is 27.1 Å². The van der Waals surface area contributed by atoms with Crippen molar-refractivity contribution in [2.75, 3.05) is 6.61 Å². The van der Waals surface area contributed by atoms with Crippen LogP contribution in [0.25, 0.3) is 11.2 Å². The van der Waals surface area contributed by atoms with Gasteiger partial charge in [-0.05, 0) is 40.0 Å². The minimum Gasteiger partial charge on any atom is -0.485 e. The maximum atomic E-state index is 6.15. The highest BCUT2D eigenvalue weighted by molar-refractivity contribution is 9.10. The normalized spacial score (nSPS) is 16.8. The third-order valence-corrected chi connectivity index (χ3v) is 4.38. The van der Waals surface area contributed by atoms with Crippen molar-refractivity contribution in [3.8, 4) is 11.5 Å². The van der Waals surface area contributed by atoms with E-state index in [0.717, 1.165) is 39.5 Å². The average Bonchev–Trinajstić information content (AvgIpc) is 2.92. The molecule has 0 saturated carbocycles. The molecule has 5 nitrogen and oxygen atoms in total. The minimum absolute atomic E-state index is 0.244. The fourth-order valence-corrected chi connectivity index (χ4v) is 3.27. The summed E-state index contributed by atoms with van der Waals surface area (Å²) in [7, 11) is 0. The van der Waals surface area contributed by atoms with Crippen LogP contribution in [0.4, 0.5) is 0 Å². The van der Waals surface area contributed by atoms with E-state index in [1.54, 1.807) is 6.20 Å². The topological polar surface area (TPSA) is 49.2 Å². The smallest absolute Gasteiger partial charge is 0.190 e. The largest absolute Gasteiger partial charge is 0.485 e. The number of pyridine rings is 1. The van der Waals surface area contributed by atoms with Gasteiger partial charge >= 0.3 is 0 Å². The molecule has 0 amide bonds. The van der Waals surface area contributed by atoms with Gasteiger partial charge in [-0.2, -0.15) is 0 Å². The van der Waals surface area contributed by atoms with Crippen molar-refractivity contribution in [2.45, 2.75) is 26.5 Å². The number of nitrogens with zero attached hydrogens (tertiary/aromatic N) is 3. The van der Waals surface area contributed by atoms with Gasteiger partial charge in [0.2, 0.25) is 0 Å². The summed E-state index contributed by atoms with van der Waals surface area (Å²) in [6.07, 6.45) is 1.53. The maximum Gasteiger partial charge on any atom is 0.190 e. The molecule has 0 spiro atoms. The molecule has 2 aromatic heterocycles. The Kier molecular flexibility index (Phi) is 3.92. The number of hydrogen-bond acceptors (Lipinski definition) is 4. The van der Waals surface area contributed by atoms with Gasteiger partial charge in [0.05, 0.1) is 5.52 Å². The summed E-state index contributed by atoms with van der Waals surface area (Å²) >= 11 is 3.50. The lowest BCUT2D eigenvalue weighted by atomic mass is 10.2. The average molecular weight is 388 g/mol. The molecule has 1 aromatic carbocycles. The molecule has 1 aliphatic heterocycles. The summed E-state index contributed by atoms with van der Waals surface area (Å²) in [4.78, 5) is 9.16. The lowest BCUT2D eigenvalue weighted by Gasteiger charge is -2.26. The molecule has 0 fully saturated rings. The standard InChI is InChI=1S/C18H18BrN3O2/c1-11(2)9-22-13-7-12(19)8-20-17(13)21-18(22)16-10-23-14-5-3-4-6-15(14)24-16/h3-8,11,16H,9-10H2,1-2H3. The molecular weight excluding hydrogens is 370 g/mol. The number of halogens is 1. The van der Waals surface area contributed by atoms with Gasteiger partial charge in [0.15, 0.2) is 29.1 Å². The summed E-state index contributed by atoms with van der Waals surface area (Å²) in [5.41, 5.74) is 1.74. The van der Waals surface area contributed by atoms with Crippen LogP contribution < -0.4 is 9.47 Å². The molecule has 0 N–H and O–H groups in total. The molecule has 124 valence electrons. The molecule has 3 heterocycles. The van der Waals surface area contributed by atoms with E-state index in [1.165, 1.54) is 0 Å². The van der Waals surface area contributed by atoms with Crippen LogP contribution in [0.15, 0.2) is 41.0 Å². The van der Waals surface area contributed by atoms with Crippen molar-refractivity contribution in [3.05, 3.63) is 46.8 Å². The Morgan fingerprint density at radius 2 is 2.08 bits per heavy atom. The second-order valence-corrected chi connectivity index (χ2v) is 7.25. The van der Waals surface area contributed by atoms with E-state index in [-0.39, 0.29) is 6.10 Å². The highest BCUT2D eigenvalue weighted by atomic mass is 79.9. The van der Waals surface area contributed by atoms with E-state index in [2.05, 4.69) is 45.4 Å². The van der Waals surface area contributed by atoms with E-state index in [0.29, 0.717) is 12.5 Å². The Morgan fingerprint density at radius 1 is 1.29 bits per heavy atom. The molecule has 1 atom stereocenters. The summed E-state index contributed by atoms with van der Waals surface area (Å²) < 4.78 is 15.2. The van der Waals surface area contributed by atoms with Crippen molar-refractivity contribution < 1.29 is 9.47 Å². The van der Waals surface area contributed by atoms with Crippen LogP contribution in [-0.4, -0.2) is 21.1 Å². The first kappa shape index (κ1) is 15.4. The Balaban J connectivity index is 1.79. The molecule has 3 aromatic rings. The fraction of sp³-hybridized carbons (Fsp3) is 0.333. The first-order valence-corrected chi connectivity index (χ1v) is 8.81. The SMILES string of the molecule is CC(C)Cn1c(C2COc3ccccc3O2)nc2ncc(Br)cc21. The molecular formula is C18H18BrN3O2. The number of benzene rings is 1. The van der Waals surface area contributed by atoms with Crippen molar-refractivity contribution in [1.82, 2.24) is 14.5 Å². The number of fused-ring (bicyclic) bond motifs is 2. The third kappa shape index (κ3) is 2.75. The van der Waals surface area contributed by atoms with Crippen LogP contribution in [0, 0.1) is 5.92 Å². The zero-order valence-corrected chi connectivity index (χ0v) is 15.2. The third-order valence-electron chi connectivity index (χ3n) is 3.95. The highest BCUT2D eigenvalue weighted by Gasteiger charge is 2.28. The second-order valence-electron chi connectivity index (χ2n) is 6.33. The predicted octanol–water partition coefficient (Wildman–Crippen LogP) is 4.36. The quantitative estimate of drug-likeness (QED) is 0.669. The molecule has 24 heavy (non-hydrogen) atoms. The molecule has 1 unspecified atom stereocenters. The van der Waals surface area contributed by atoms with Crippen LogP contribution >= 0.6 is 15.9 Å². The molecule has 0 aliphatic carbocycles. The van der Waals surface area contributed by atoms with Crippen LogP contribution in [0.5, 0.6) is 11.5 Å². The molecule has 6 heteroatoms. The monoisotopic (exact) mass is 387 g/mol. The lowest BCUT2D eigenvalue weighted by Crippen LogP contribution is -2.25. The van der Waals surface area contributed by atoms with Crippen LogP contribution in [-0.2, 0) is 6.54 Å². The first-order valence-electron chi connectivity index (χ1n) is 8.02. The summed E-state index contributed by atoms with van der Waals surface area (Å²) in [5, 5.41) is 0. The Labute approximate surface area is 148 Å². The number of imidazole rings is 1. The summed E-state index contributed by atoms with van der Waals surface area (Å²) in [6.45, 7) is 5.67. The van der Waals surface area contributed by atoms with Crippen LogP contribution in [0.3, 0.4) is 0 Å². The number of aromatic nitrogens is 3. The number of ether oxygens (including phenoxy) is 2. The van der Waals surface area contributed by atoms with Crippen molar-refractivity contribution in [3.63, 3.8) is 0 Å². The first-order chi connectivity index (χ1) is 11.6. The predicted molar refractivity (Wildman–Crippen MR) is 95.4 cm³/mol. The molecule has 0 bridgehead atoms. The van der Waals surface area contributed by atoms with Gasteiger partial charge in [-0.1, -0.05) is 26.0 Å². The lowest BCUT2D eigenvalue weighted by molar-refractivity contribution is 0.0823. The Morgan fingerprint density at radius 3 is 2.88 bits per heavy atom. The van der Waals surface area contributed by atoms with Gasteiger partial charge in [-0.25, -0.2) is 9.97 Å². The van der Waals surface area contributed by atoms with Gasteiger partial charge in [-0.15, -0.1) is 0 Å². The van der Waals surface area contributed by atoms with Gasteiger partial charge in [-0.3, -0.25) is 0 Å². The molecule has 0 radical (unpaired) electrons.